The van der Waals surface area contributed by atoms with Crippen LogP contribution in [0.25, 0.3) is 0 Å². The summed E-state index contributed by atoms with van der Waals surface area (Å²) in [6.07, 6.45) is 3.67. The molecule has 3 aliphatic heterocycles. The van der Waals surface area contributed by atoms with Crippen molar-refractivity contribution in [2.45, 2.75) is 63.8 Å². The lowest BCUT2D eigenvalue weighted by atomic mass is 9.83. The molecule has 2 aromatic carbocycles. The van der Waals surface area contributed by atoms with Crippen molar-refractivity contribution in [2.24, 2.45) is 5.16 Å². The minimum atomic E-state index is -0.957. The number of nitrogens with one attached hydrogen (secondary N) is 1. The van der Waals surface area contributed by atoms with Crippen molar-refractivity contribution < 1.29 is 23.9 Å². The second-order valence-electron chi connectivity index (χ2n) is 11.3. The molecule has 1 fully saturated rings. The first-order chi connectivity index (χ1) is 19.7. The highest BCUT2D eigenvalue weighted by Gasteiger charge is 2.54. The molecule has 41 heavy (non-hydrogen) atoms. The van der Waals surface area contributed by atoms with Crippen LogP contribution in [0, 0.1) is 12.7 Å². The van der Waals surface area contributed by atoms with Gasteiger partial charge >= 0.3 is 0 Å². The summed E-state index contributed by atoms with van der Waals surface area (Å²) < 4.78 is 15.9. The molecule has 1 saturated heterocycles. The number of pyridine rings is 1. The van der Waals surface area contributed by atoms with Gasteiger partial charge in [0.15, 0.2) is 17.0 Å². The maximum Gasteiger partial charge on any atom is 0.274 e. The van der Waals surface area contributed by atoms with Crippen molar-refractivity contribution >= 4 is 17.5 Å². The largest absolute Gasteiger partial charge is 0.503 e. The van der Waals surface area contributed by atoms with Crippen LogP contribution < -0.4 is 10.7 Å². The minimum absolute atomic E-state index is 0.149. The van der Waals surface area contributed by atoms with Crippen molar-refractivity contribution in [3.63, 3.8) is 0 Å². The van der Waals surface area contributed by atoms with Gasteiger partial charge in [0.1, 0.15) is 11.4 Å². The summed E-state index contributed by atoms with van der Waals surface area (Å²) in [7, 11) is 0. The Hall–Kier alpha value is -4.47. The summed E-state index contributed by atoms with van der Waals surface area (Å²) in [6, 6.07) is 13.9. The van der Waals surface area contributed by atoms with E-state index in [2.05, 4.69) is 10.5 Å². The zero-order chi connectivity index (χ0) is 28.9. The van der Waals surface area contributed by atoms with Crippen molar-refractivity contribution in [2.75, 3.05) is 6.54 Å². The van der Waals surface area contributed by atoms with E-state index < -0.39 is 40.5 Å². The topological polar surface area (TPSA) is 113 Å². The Balaban J connectivity index is 1.35. The first-order valence-electron chi connectivity index (χ1n) is 13.8. The Morgan fingerprint density at radius 2 is 2.00 bits per heavy atom. The molecule has 3 aliphatic rings. The number of aromatic nitrogens is 1. The maximum absolute atomic E-state index is 14.3. The van der Waals surface area contributed by atoms with Gasteiger partial charge in [0.25, 0.3) is 11.8 Å². The van der Waals surface area contributed by atoms with Crippen LogP contribution >= 0.6 is 0 Å². The normalized spacial score (nSPS) is 23.0. The van der Waals surface area contributed by atoms with E-state index in [1.807, 2.05) is 37.3 Å². The van der Waals surface area contributed by atoms with Gasteiger partial charge in [0.05, 0.1) is 11.8 Å². The minimum Gasteiger partial charge on any atom is -0.503 e. The van der Waals surface area contributed by atoms with E-state index in [9.17, 15) is 23.9 Å². The first-order valence-corrected chi connectivity index (χ1v) is 13.8. The van der Waals surface area contributed by atoms with Crippen LogP contribution in [0.3, 0.4) is 0 Å². The average molecular weight is 559 g/mol. The molecular weight excluding hydrogens is 527 g/mol. The number of aryl methyl sites for hydroxylation is 1. The fraction of sp³-hybridized carbons (Fsp3) is 0.355. The SMILES string of the molecule is Cc1ccc(CNC(=O)c2cn3c(c(O)c2=O)C(=O)N2C[C@@H]3[C@]3(CC[C@@H]2C)CC(Cc2ccccc2)=NO3)c(F)c1. The number of aromatic hydroxyl groups is 1. The van der Waals surface area contributed by atoms with Crippen LogP contribution in [0.5, 0.6) is 5.75 Å². The van der Waals surface area contributed by atoms with Gasteiger partial charge < -0.3 is 24.7 Å². The fourth-order valence-corrected chi connectivity index (χ4v) is 6.18. The monoisotopic (exact) mass is 558 g/mol. The number of hydrogen-bond donors (Lipinski definition) is 2. The number of carbonyl (C=O) groups is 2. The zero-order valence-corrected chi connectivity index (χ0v) is 22.9. The predicted molar refractivity (Wildman–Crippen MR) is 149 cm³/mol. The molecular formula is C31H31FN4O5. The Bertz CT molecular complexity index is 1640. The van der Waals surface area contributed by atoms with E-state index in [-0.39, 0.29) is 36.0 Å². The van der Waals surface area contributed by atoms with Gasteiger partial charge in [-0.2, -0.15) is 0 Å². The molecule has 9 nitrogen and oxygen atoms in total. The molecule has 10 heteroatoms. The highest BCUT2D eigenvalue weighted by atomic mass is 19.1. The number of rotatable bonds is 5. The predicted octanol–water partition coefficient (Wildman–Crippen LogP) is 3.87. The van der Waals surface area contributed by atoms with Crippen LogP contribution in [0.1, 0.15) is 69.8 Å². The molecule has 1 aromatic heterocycles. The third-order valence-electron chi connectivity index (χ3n) is 8.51. The van der Waals surface area contributed by atoms with Crippen LogP contribution in [-0.2, 0) is 17.8 Å². The van der Waals surface area contributed by atoms with Crippen LogP contribution in [0.2, 0.25) is 0 Å². The number of benzene rings is 2. The van der Waals surface area contributed by atoms with Crippen LogP contribution in [0.4, 0.5) is 4.39 Å². The van der Waals surface area contributed by atoms with Gasteiger partial charge in [-0.15, -0.1) is 0 Å². The average Bonchev–Trinajstić information content (AvgIpc) is 3.31. The number of nitrogens with zero attached hydrogens (tertiary/aromatic N) is 3. The third kappa shape index (κ3) is 4.67. The number of oxime groups is 1. The molecule has 212 valence electrons. The molecule has 0 radical (unpaired) electrons. The highest BCUT2D eigenvalue weighted by Crippen LogP contribution is 2.46. The van der Waals surface area contributed by atoms with E-state index in [4.69, 9.17) is 4.84 Å². The molecule has 2 bridgehead atoms. The van der Waals surface area contributed by atoms with Gasteiger partial charge in [-0.25, -0.2) is 4.39 Å². The Morgan fingerprint density at radius 3 is 2.76 bits per heavy atom. The summed E-state index contributed by atoms with van der Waals surface area (Å²) in [5, 5.41) is 18.1. The van der Waals surface area contributed by atoms with Crippen LogP contribution in [-0.4, -0.2) is 50.3 Å². The summed E-state index contributed by atoms with van der Waals surface area (Å²) >= 11 is 0. The molecule has 0 aliphatic carbocycles. The quantitative estimate of drug-likeness (QED) is 0.494. The number of fused-ring (bicyclic) bond motifs is 5. The Kier molecular flexibility index (Phi) is 6.63. The molecule has 6 rings (SSSR count). The third-order valence-corrected chi connectivity index (χ3v) is 8.51. The number of halogens is 1. The second-order valence-corrected chi connectivity index (χ2v) is 11.3. The van der Waals surface area contributed by atoms with Gasteiger partial charge in [0.2, 0.25) is 5.43 Å². The molecule has 2 amide bonds. The summed E-state index contributed by atoms with van der Waals surface area (Å²) in [4.78, 5) is 47.8. The van der Waals surface area contributed by atoms with Crippen molar-refractivity contribution in [1.29, 1.82) is 0 Å². The van der Waals surface area contributed by atoms with E-state index in [0.717, 1.165) is 16.8 Å². The Morgan fingerprint density at radius 1 is 1.22 bits per heavy atom. The summed E-state index contributed by atoms with van der Waals surface area (Å²) in [5.41, 5.74) is 0.669. The lowest BCUT2D eigenvalue weighted by molar-refractivity contribution is -0.0655. The van der Waals surface area contributed by atoms with Gasteiger partial charge in [-0.3, -0.25) is 14.4 Å². The molecule has 0 saturated carbocycles. The highest BCUT2D eigenvalue weighted by molar-refractivity contribution is 5.99. The number of amides is 2. The standard InChI is InChI=1S/C31H31FN4O5/c1-18-8-9-21(24(32)12-18)15-33-29(39)23-16-36-25-17-35(30(40)26(36)28(38)27(23)37)19(2)10-11-31(25)14-22(34-41-31)13-20-6-4-3-5-7-20/h3-9,12,16,19,25,38H,10-11,13-15,17H2,1-2H3,(H,33,39)/t19-,25+,31-/m0/s1. The van der Waals surface area contributed by atoms with Crippen molar-refractivity contribution in [3.05, 3.63) is 98.7 Å². The molecule has 0 unspecified atom stereocenters. The Labute approximate surface area is 236 Å². The lowest BCUT2D eigenvalue weighted by Crippen LogP contribution is -2.52. The summed E-state index contributed by atoms with van der Waals surface area (Å²) in [5.74, 6) is -2.51. The molecule has 4 heterocycles. The van der Waals surface area contributed by atoms with E-state index in [1.54, 1.807) is 24.0 Å². The smallest absolute Gasteiger partial charge is 0.274 e. The van der Waals surface area contributed by atoms with E-state index in [0.29, 0.717) is 25.7 Å². The van der Waals surface area contributed by atoms with Gasteiger partial charge in [-0.1, -0.05) is 47.6 Å². The van der Waals surface area contributed by atoms with Crippen molar-refractivity contribution in [1.82, 2.24) is 14.8 Å². The second kappa shape index (κ2) is 10.2. The first kappa shape index (κ1) is 26.7. The fourth-order valence-electron chi connectivity index (χ4n) is 6.18. The molecule has 3 atom stereocenters. The number of carbonyl (C=O) groups excluding carboxylic acids is 2. The lowest BCUT2D eigenvalue weighted by Gasteiger charge is -2.41. The number of hydrogen-bond acceptors (Lipinski definition) is 6. The maximum atomic E-state index is 14.3. The van der Waals surface area contributed by atoms with Gasteiger partial charge in [0, 0.05) is 43.7 Å². The zero-order valence-electron chi connectivity index (χ0n) is 22.9. The molecule has 3 aromatic rings. The van der Waals surface area contributed by atoms with E-state index >= 15 is 0 Å². The van der Waals surface area contributed by atoms with Crippen molar-refractivity contribution in [3.8, 4) is 5.75 Å². The molecule has 2 N–H and O–H groups in total. The van der Waals surface area contributed by atoms with Crippen LogP contribution in [0.15, 0.2) is 64.7 Å². The van der Waals surface area contributed by atoms with Gasteiger partial charge in [-0.05, 0) is 43.9 Å². The summed E-state index contributed by atoms with van der Waals surface area (Å²) in [6.45, 7) is 3.82. The van der Waals surface area contributed by atoms with E-state index in [1.165, 1.54) is 16.8 Å². The molecule has 1 spiro atoms.